The summed E-state index contributed by atoms with van der Waals surface area (Å²) in [6.45, 7) is 0.936. The third-order valence-corrected chi connectivity index (χ3v) is 3.14. The molecule has 1 saturated heterocycles. The van der Waals surface area contributed by atoms with E-state index in [4.69, 9.17) is 4.74 Å². The van der Waals surface area contributed by atoms with Gasteiger partial charge in [0.25, 0.3) is 0 Å². The van der Waals surface area contributed by atoms with Crippen molar-refractivity contribution in [1.82, 2.24) is 0 Å². The summed E-state index contributed by atoms with van der Waals surface area (Å²) >= 11 is 0. The van der Waals surface area contributed by atoms with Gasteiger partial charge in [-0.15, -0.1) is 0 Å². The van der Waals surface area contributed by atoms with Gasteiger partial charge in [0.1, 0.15) is 0 Å². The van der Waals surface area contributed by atoms with Crippen LogP contribution in [0.5, 0.6) is 0 Å². The third-order valence-electron chi connectivity index (χ3n) is 3.14. The molecule has 1 nitrogen and oxygen atoms in total. The molecule has 0 saturated carbocycles. The number of rotatable bonds is 4. The normalized spacial score (nSPS) is 18.0. The Morgan fingerprint density at radius 3 is 2.06 bits per heavy atom. The Kier molecular flexibility index (Phi) is 2.93. The van der Waals surface area contributed by atoms with Crippen LogP contribution in [0.3, 0.4) is 0 Å². The lowest BCUT2D eigenvalue weighted by Crippen LogP contribution is -1.94. The fraction of sp³-hybridized carbons (Fsp3) is 0.250. The van der Waals surface area contributed by atoms with Crippen LogP contribution in [0.1, 0.15) is 16.7 Å². The number of epoxide rings is 1. The van der Waals surface area contributed by atoms with Crippen LogP contribution in [0.4, 0.5) is 0 Å². The molecule has 1 heterocycles. The summed E-state index contributed by atoms with van der Waals surface area (Å²) in [5.41, 5.74) is 4.12. The summed E-state index contributed by atoms with van der Waals surface area (Å²) in [6.07, 6.45) is 2.56. The molecule has 1 aliphatic rings. The Bertz CT molecular complexity index is 469. The average Bonchev–Trinajstić information content (AvgIpc) is 3.17. The summed E-state index contributed by atoms with van der Waals surface area (Å²) in [5, 5.41) is 0. The zero-order valence-corrected chi connectivity index (χ0v) is 9.80. The Morgan fingerprint density at radius 2 is 1.41 bits per heavy atom. The highest BCUT2D eigenvalue weighted by molar-refractivity contribution is 5.29. The van der Waals surface area contributed by atoms with Crippen molar-refractivity contribution in [1.29, 1.82) is 0 Å². The minimum absolute atomic E-state index is 0.481. The molecule has 0 aromatic heterocycles. The highest BCUT2D eigenvalue weighted by Gasteiger charge is 2.22. The fourth-order valence-corrected chi connectivity index (χ4v) is 2.07. The predicted molar refractivity (Wildman–Crippen MR) is 69.1 cm³/mol. The highest BCUT2D eigenvalue weighted by Crippen LogP contribution is 2.17. The van der Waals surface area contributed by atoms with Gasteiger partial charge in [0.05, 0.1) is 12.7 Å². The van der Waals surface area contributed by atoms with Gasteiger partial charge in [0, 0.05) is 6.42 Å². The molecule has 0 N–H and O–H groups in total. The van der Waals surface area contributed by atoms with E-state index in [-0.39, 0.29) is 0 Å². The predicted octanol–water partition coefficient (Wildman–Crippen LogP) is 3.22. The van der Waals surface area contributed by atoms with E-state index < -0.39 is 0 Å². The van der Waals surface area contributed by atoms with Crippen LogP contribution in [0.25, 0.3) is 0 Å². The summed E-state index contributed by atoms with van der Waals surface area (Å²) in [6, 6.07) is 19.5. The lowest BCUT2D eigenvalue weighted by molar-refractivity contribution is 0.407. The van der Waals surface area contributed by atoms with Gasteiger partial charge in [0.2, 0.25) is 0 Å². The molecule has 1 atom stereocenters. The van der Waals surface area contributed by atoms with E-state index in [9.17, 15) is 0 Å². The molecule has 2 aromatic rings. The molecule has 0 spiro atoms. The molecule has 86 valence electrons. The lowest BCUT2D eigenvalue weighted by Gasteiger charge is -2.03. The summed E-state index contributed by atoms with van der Waals surface area (Å²) in [4.78, 5) is 0. The molecule has 3 rings (SSSR count). The van der Waals surface area contributed by atoms with Gasteiger partial charge in [-0.05, 0) is 23.1 Å². The second-order valence-corrected chi connectivity index (χ2v) is 4.64. The van der Waals surface area contributed by atoms with Crippen LogP contribution in [-0.2, 0) is 17.6 Å². The van der Waals surface area contributed by atoms with Crippen LogP contribution in [-0.4, -0.2) is 12.7 Å². The van der Waals surface area contributed by atoms with Crippen molar-refractivity contribution in [2.24, 2.45) is 0 Å². The first-order chi connectivity index (χ1) is 8.40. The van der Waals surface area contributed by atoms with Gasteiger partial charge in [0.15, 0.2) is 0 Å². The third kappa shape index (κ3) is 2.95. The molecule has 0 radical (unpaired) electrons. The molecule has 1 heteroatoms. The SMILES string of the molecule is c1ccc(Cc2ccc(CC3CO3)cc2)cc1. The maximum atomic E-state index is 5.24. The Hall–Kier alpha value is -1.60. The van der Waals surface area contributed by atoms with Crippen molar-refractivity contribution < 1.29 is 4.74 Å². The first kappa shape index (κ1) is 10.5. The van der Waals surface area contributed by atoms with Crippen molar-refractivity contribution in [3.8, 4) is 0 Å². The van der Waals surface area contributed by atoms with Crippen LogP contribution in [0.2, 0.25) is 0 Å². The molecular formula is C16H16O. The van der Waals surface area contributed by atoms with Gasteiger partial charge in [-0.25, -0.2) is 0 Å². The molecule has 0 bridgehead atoms. The van der Waals surface area contributed by atoms with Gasteiger partial charge in [-0.3, -0.25) is 0 Å². The van der Waals surface area contributed by atoms with Gasteiger partial charge in [-0.1, -0.05) is 54.6 Å². The first-order valence-electron chi connectivity index (χ1n) is 6.13. The quantitative estimate of drug-likeness (QED) is 0.726. The number of benzene rings is 2. The molecule has 0 amide bonds. The van der Waals surface area contributed by atoms with Crippen molar-refractivity contribution in [2.45, 2.75) is 18.9 Å². The van der Waals surface area contributed by atoms with Crippen LogP contribution < -0.4 is 0 Å². The number of hydrogen-bond donors (Lipinski definition) is 0. The fourth-order valence-electron chi connectivity index (χ4n) is 2.07. The summed E-state index contributed by atoms with van der Waals surface area (Å²) in [5.74, 6) is 0. The van der Waals surface area contributed by atoms with E-state index in [1.165, 1.54) is 16.7 Å². The van der Waals surface area contributed by atoms with Crippen molar-refractivity contribution in [2.75, 3.05) is 6.61 Å². The number of ether oxygens (including phenoxy) is 1. The summed E-state index contributed by atoms with van der Waals surface area (Å²) < 4.78 is 5.24. The number of hydrogen-bond acceptors (Lipinski definition) is 1. The standard InChI is InChI=1S/C16H16O/c1-2-4-13(5-3-1)10-14-6-8-15(9-7-14)11-16-12-17-16/h1-9,16H,10-12H2. The molecular weight excluding hydrogens is 208 g/mol. The summed E-state index contributed by atoms with van der Waals surface area (Å²) in [7, 11) is 0. The second-order valence-electron chi connectivity index (χ2n) is 4.64. The van der Waals surface area contributed by atoms with Crippen molar-refractivity contribution in [3.63, 3.8) is 0 Å². The van der Waals surface area contributed by atoms with Gasteiger partial charge < -0.3 is 4.74 Å². The molecule has 0 aliphatic carbocycles. The van der Waals surface area contributed by atoms with E-state index in [0.717, 1.165) is 19.4 Å². The molecule has 1 fully saturated rings. The molecule has 1 aliphatic heterocycles. The smallest absolute Gasteiger partial charge is 0.0850 e. The topological polar surface area (TPSA) is 12.5 Å². The second kappa shape index (κ2) is 4.72. The van der Waals surface area contributed by atoms with Crippen LogP contribution in [0, 0.1) is 0 Å². The van der Waals surface area contributed by atoms with E-state index in [0.29, 0.717) is 6.10 Å². The Balaban J connectivity index is 1.67. The molecule has 2 aromatic carbocycles. The van der Waals surface area contributed by atoms with Crippen LogP contribution >= 0.6 is 0 Å². The Morgan fingerprint density at radius 1 is 0.824 bits per heavy atom. The van der Waals surface area contributed by atoms with Crippen molar-refractivity contribution >= 4 is 0 Å². The minimum atomic E-state index is 0.481. The maximum absolute atomic E-state index is 5.24. The van der Waals surface area contributed by atoms with Crippen LogP contribution in [0.15, 0.2) is 54.6 Å². The zero-order chi connectivity index (χ0) is 11.5. The van der Waals surface area contributed by atoms with E-state index in [2.05, 4.69) is 54.6 Å². The average molecular weight is 224 g/mol. The lowest BCUT2D eigenvalue weighted by atomic mass is 10.0. The van der Waals surface area contributed by atoms with Gasteiger partial charge >= 0.3 is 0 Å². The largest absolute Gasteiger partial charge is 0.373 e. The monoisotopic (exact) mass is 224 g/mol. The highest BCUT2D eigenvalue weighted by atomic mass is 16.6. The zero-order valence-electron chi connectivity index (χ0n) is 9.80. The maximum Gasteiger partial charge on any atom is 0.0850 e. The van der Waals surface area contributed by atoms with Gasteiger partial charge in [-0.2, -0.15) is 0 Å². The van der Waals surface area contributed by atoms with E-state index in [1.54, 1.807) is 0 Å². The van der Waals surface area contributed by atoms with Crippen molar-refractivity contribution in [3.05, 3.63) is 71.3 Å². The van der Waals surface area contributed by atoms with E-state index in [1.807, 2.05) is 0 Å². The molecule has 1 unspecified atom stereocenters. The first-order valence-corrected chi connectivity index (χ1v) is 6.13. The van der Waals surface area contributed by atoms with E-state index >= 15 is 0 Å². The Labute approximate surface area is 102 Å². The minimum Gasteiger partial charge on any atom is -0.373 e. The molecule has 17 heavy (non-hydrogen) atoms.